The van der Waals surface area contributed by atoms with Gasteiger partial charge >= 0.3 is 6.03 Å². The van der Waals surface area contributed by atoms with Crippen molar-refractivity contribution >= 4 is 51.6 Å². The van der Waals surface area contributed by atoms with Gasteiger partial charge in [0.05, 0.1) is 4.75 Å². The highest BCUT2D eigenvalue weighted by Gasteiger charge is 2.49. The van der Waals surface area contributed by atoms with Crippen LogP contribution in [0.5, 0.6) is 11.5 Å². The number of rotatable bonds is 4. The molecule has 0 spiro atoms. The maximum atomic E-state index is 12.8. The largest absolute Gasteiger partial charge is 0.454 e. The highest BCUT2D eigenvalue weighted by Crippen LogP contribution is 2.44. The normalized spacial score (nSPS) is 19.1. The molecule has 4 rings (SSSR count). The number of benzene rings is 2. The van der Waals surface area contributed by atoms with E-state index in [1.807, 2.05) is 36.9 Å². The number of ether oxygens (including phenoxy) is 2. The van der Waals surface area contributed by atoms with Gasteiger partial charge in [0.1, 0.15) is 10.5 Å². The summed E-state index contributed by atoms with van der Waals surface area (Å²) < 4.78 is 10.9. The van der Waals surface area contributed by atoms with E-state index in [0.29, 0.717) is 38.1 Å². The number of hydroxylamine groups is 2. The number of thioether (sulfide) groups is 1. The molecule has 1 saturated heterocycles. The first kappa shape index (κ1) is 21.0. The van der Waals surface area contributed by atoms with Crippen LogP contribution in [0.25, 0.3) is 0 Å². The quantitative estimate of drug-likeness (QED) is 0.376. The van der Waals surface area contributed by atoms with Gasteiger partial charge in [0.15, 0.2) is 11.5 Å². The summed E-state index contributed by atoms with van der Waals surface area (Å²) in [5, 5.41) is 14.7. The van der Waals surface area contributed by atoms with Crippen molar-refractivity contribution in [2.75, 3.05) is 12.1 Å². The Balaban J connectivity index is 1.55. The maximum Gasteiger partial charge on any atom is 0.347 e. The molecule has 1 fully saturated rings. The summed E-state index contributed by atoms with van der Waals surface area (Å²) >= 11 is 13.0. The second-order valence-electron chi connectivity index (χ2n) is 7.45. The molecule has 2 aliphatic rings. The van der Waals surface area contributed by atoms with Crippen LogP contribution in [-0.4, -0.2) is 43.2 Å². The van der Waals surface area contributed by atoms with Crippen molar-refractivity contribution in [3.05, 3.63) is 53.1 Å². The topological polar surface area (TPSA) is 74.3 Å². The molecule has 2 heterocycles. The smallest absolute Gasteiger partial charge is 0.347 e. The number of anilines is 1. The zero-order chi connectivity index (χ0) is 21.5. The Morgan fingerprint density at radius 3 is 2.87 bits per heavy atom. The Kier molecular flexibility index (Phi) is 5.71. The lowest BCUT2D eigenvalue weighted by Gasteiger charge is -2.36. The number of nitrogens with one attached hydrogen (secondary N) is 1. The third kappa shape index (κ3) is 4.15. The summed E-state index contributed by atoms with van der Waals surface area (Å²) in [7, 11) is 0. The fourth-order valence-electron chi connectivity index (χ4n) is 3.48. The van der Waals surface area contributed by atoms with E-state index in [4.69, 9.17) is 33.3 Å². The minimum Gasteiger partial charge on any atom is -0.454 e. The SMILES string of the molecule is CC1(C)SC(=S)N(Cc2ccc3c(c2)OCO3)C1N(O)C(=O)Nc1cccc(Cl)c1. The number of urea groups is 1. The number of hydrogen-bond donors (Lipinski definition) is 2. The molecule has 158 valence electrons. The second kappa shape index (κ2) is 8.14. The number of fused-ring (bicyclic) bond motifs is 1. The van der Waals surface area contributed by atoms with Crippen molar-refractivity contribution in [3.63, 3.8) is 0 Å². The molecule has 1 atom stereocenters. The Morgan fingerprint density at radius 2 is 2.10 bits per heavy atom. The summed E-state index contributed by atoms with van der Waals surface area (Å²) in [4.78, 5) is 14.6. The number of carbonyl (C=O) groups is 1. The molecule has 0 aliphatic carbocycles. The van der Waals surface area contributed by atoms with Crippen LogP contribution >= 0.6 is 35.6 Å². The van der Waals surface area contributed by atoms with Gasteiger partial charge in [0.25, 0.3) is 0 Å². The Labute approximate surface area is 188 Å². The van der Waals surface area contributed by atoms with Gasteiger partial charge < -0.3 is 19.7 Å². The van der Waals surface area contributed by atoms with Gasteiger partial charge in [-0.05, 0) is 49.7 Å². The van der Waals surface area contributed by atoms with Gasteiger partial charge in [0.2, 0.25) is 6.79 Å². The standard InChI is InChI=1S/C20H20ClN3O4S2/c1-20(2)17(24(26)18(25)22-14-5-3-4-13(21)9-14)23(19(29)30-20)10-12-6-7-15-16(8-12)28-11-27-15/h3-9,17,26H,10-11H2,1-2H3,(H,22,25). The van der Waals surface area contributed by atoms with Crippen LogP contribution in [0.2, 0.25) is 5.02 Å². The average Bonchev–Trinajstić information content (AvgIpc) is 3.22. The third-order valence-electron chi connectivity index (χ3n) is 4.81. The molecule has 30 heavy (non-hydrogen) atoms. The first-order valence-electron chi connectivity index (χ1n) is 9.17. The molecule has 7 nitrogen and oxygen atoms in total. The van der Waals surface area contributed by atoms with Crippen LogP contribution in [0.15, 0.2) is 42.5 Å². The number of thiocarbonyl (C=S) groups is 1. The fourth-order valence-corrected chi connectivity index (χ4v) is 5.55. The predicted molar refractivity (Wildman–Crippen MR) is 120 cm³/mol. The molecule has 2 N–H and O–H groups in total. The van der Waals surface area contributed by atoms with Gasteiger partial charge in [-0.1, -0.05) is 47.7 Å². The molecule has 2 aromatic rings. The van der Waals surface area contributed by atoms with Crippen LogP contribution in [0.4, 0.5) is 10.5 Å². The van der Waals surface area contributed by atoms with E-state index in [1.165, 1.54) is 11.8 Å². The van der Waals surface area contributed by atoms with E-state index in [9.17, 15) is 10.0 Å². The average molecular weight is 466 g/mol. The summed E-state index contributed by atoms with van der Waals surface area (Å²) in [6.45, 7) is 4.47. The molecule has 0 bridgehead atoms. The van der Waals surface area contributed by atoms with Crippen molar-refractivity contribution in [2.45, 2.75) is 31.3 Å². The lowest BCUT2D eigenvalue weighted by Crippen LogP contribution is -2.55. The molecule has 2 aromatic carbocycles. The molecule has 2 aliphatic heterocycles. The van der Waals surface area contributed by atoms with Crippen LogP contribution in [0.1, 0.15) is 19.4 Å². The lowest BCUT2D eigenvalue weighted by molar-refractivity contribution is -0.115. The van der Waals surface area contributed by atoms with Crippen LogP contribution in [-0.2, 0) is 6.54 Å². The highest BCUT2D eigenvalue weighted by atomic mass is 35.5. The number of carbonyl (C=O) groups excluding carboxylic acids is 1. The molecular formula is C20H20ClN3O4S2. The lowest BCUT2D eigenvalue weighted by atomic mass is 10.1. The summed E-state index contributed by atoms with van der Waals surface area (Å²) in [5.41, 5.74) is 1.41. The minimum atomic E-state index is -0.681. The second-order valence-corrected chi connectivity index (χ2v) is 10.2. The van der Waals surface area contributed by atoms with E-state index >= 15 is 0 Å². The van der Waals surface area contributed by atoms with Crippen molar-refractivity contribution < 1.29 is 19.5 Å². The summed E-state index contributed by atoms with van der Waals surface area (Å²) in [5.74, 6) is 1.36. The van der Waals surface area contributed by atoms with Gasteiger partial charge in [-0.2, -0.15) is 5.06 Å². The third-order valence-corrected chi connectivity index (χ3v) is 6.67. The summed E-state index contributed by atoms with van der Waals surface area (Å²) in [6.07, 6.45) is -0.681. The van der Waals surface area contributed by atoms with Crippen molar-refractivity contribution in [3.8, 4) is 11.5 Å². The molecule has 0 radical (unpaired) electrons. The van der Waals surface area contributed by atoms with Crippen LogP contribution in [0, 0.1) is 0 Å². The Morgan fingerprint density at radius 1 is 1.33 bits per heavy atom. The zero-order valence-electron chi connectivity index (χ0n) is 16.3. The van der Waals surface area contributed by atoms with Gasteiger partial charge in [-0.25, -0.2) is 4.79 Å². The highest BCUT2D eigenvalue weighted by molar-refractivity contribution is 8.24. The van der Waals surface area contributed by atoms with Gasteiger partial charge in [0, 0.05) is 17.3 Å². The van der Waals surface area contributed by atoms with Crippen molar-refractivity contribution in [1.82, 2.24) is 9.96 Å². The minimum absolute atomic E-state index is 0.195. The monoisotopic (exact) mass is 465 g/mol. The number of nitrogens with zero attached hydrogens (tertiary/aromatic N) is 2. The molecule has 10 heteroatoms. The van der Waals surface area contributed by atoms with E-state index < -0.39 is 16.9 Å². The van der Waals surface area contributed by atoms with Gasteiger partial charge in [-0.15, -0.1) is 0 Å². The molecule has 1 unspecified atom stereocenters. The van der Waals surface area contributed by atoms with Crippen LogP contribution in [0.3, 0.4) is 0 Å². The van der Waals surface area contributed by atoms with Gasteiger partial charge in [-0.3, -0.25) is 5.21 Å². The van der Waals surface area contributed by atoms with E-state index in [2.05, 4.69) is 5.32 Å². The first-order valence-corrected chi connectivity index (χ1v) is 10.8. The zero-order valence-corrected chi connectivity index (χ0v) is 18.7. The van der Waals surface area contributed by atoms with Crippen LogP contribution < -0.4 is 14.8 Å². The first-order chi connectivity index (χ1) is 14.2. The Hall–Kier alpha value is -2.20. The Bertz CT molecular complexity index is 1000. The van der Waals surface area contributed by atoms with E-state index in [-0.39, 0.29) is 6.79 Å². The molecule has 0 aromatic heterocycles. The van der Waals surface area contributed by atoms with Crippen molar-refractivity contribution in [1.29, 1.82) is 0 Å². The number of amides is 2. The summed E-state index contributed by atoms with van der Waals surface area (Å²) in [6, 6.07) is 11.7. The molecule has 0 saturated carbocycles. The number of hydrogen-bond acceptors (Lipinski definition) is 6. The maximum absolute atomic E-state index is 12.8. The van der Waals surface area contributed by atoms with E-state index in [0.717, 1.165) is 5.56 Å². The predicted octanol–water partition coefficient (Wildman–Crippen LogP) is 4.93. The fraction of sp³-hybridized carbons (Fsp3) is 0.300. The molecule has 2 amide bonds. The van der Waals surface area contributed by atoms with E-state index in [1.54, 1.807) is 24.3 Å². The number of halogens is 1. The van der Waals surface area contributed by atoms with Crippen molar-refractivity contribution in [2.24, 2.45) is 0 Å². The molecular weight excluding hydrogens is 446 g/mol.